The summed E-state index contributed by atoms with van der Waals surface area (Å²) in [6, 6.07) is 2.55. The van der Waals surface area contributed by atoms with E-state index in [0.717, 1.165) is 6.07 Å². The Morgan fingerprint density at radius 2 is 1.93 bits per heavy atom. The number of alkyl halides is 4. The Kier molecular flexibility index (Phi) is 6.64. The van der Waals surface area contributed by atoms with Crippen LogP contribution in [-0.2, 0) is 11.0 Å². The average Bonchev–Trinajstić information content (AvgIpc) is 3.11. The normalized spacial score (nSPS) is 20.6. The minimum atomic E-state index is -4.55. The highest BCUT2D eigenvalue weighted by Gasteiger charge is 2.45. The zero-order chi connectivity index (χ0) is 22.1. The summed E-state index contributed by atoms with van der Waals surface area (Å²) >= 11 is 0.334. The number of ether oxygens (including phenoxy) is 1. The lowest BCUT2D eigenvalue weighted by Gasteiger charge is -2.40. The molecule has 2 aliphatic heterocycles. The summed E-state index contributed by atoms with van der Waals surface area (Å²) in [5.74, 6) is -0.689. The van der Waals surface area contributed by atoms with Crippen molar-refractivity contribution >= 4 is 24.3 Å². The van der Waals surface area contributed by atoms with Crippen LogP contribution in [0.5, 0.6) is 5.75 Å². The van der Waals surface area contributed by atoms with E-state index in [-0.39, 0.29) is 49.6 Å². The van der Waals surface area contributed by atoms with Gasteiger partial charge in [-0.2, -0.15) is 18.4 Å². The van der Waals surface area contributed by atoms with Gasteiger partial charge in [-0.15, -0.1) is 11.3 Å². The number of hydrogen-bond acceptors (Lipinski definition) is 6. The lowest BCUT2D eigenvalue weighted by molar-refractivity contribution is -0.148. The van der Waals surface area contributed by atoms with Crippen LogP contribution in [0, 0.1) is 11.3 Å². The fraction of sp³-hybridized carbons (Fsp3) is 0.667. The monoisotopic (exact) mass is 447 g/mol. The predicted octanol–water partition coefficient (Wildman–Crippen LogP) is 2.92. The minimum Gasteiger partial charge on any atom is -0.488 e. The molecule has 30 heavy (non-hydrogen) atoms. The van der Waals surface area contributed by atoms with Crippen LogP contribution in [0.4, 0.5) is 17.6 Å². The number of nitriles is 1. The number of likely N-dealkylation sites (tertiary alicyclic amines) is 1. The quantitative estimate of drug-likeness (QED) is 0.568. The summed E-state index contributed by atoms with van der Waals surface area (Å²) in [6.45, 7) is 2.63. The van der Waals surface area contributed by atoms with E-state index >= 15 is 4.39 Å². The van der Waals surface area contributed by atoms with Gasteiger partial charge in [0.2, 0.25) is 0 Å². The SMILES string of the molecule is CB(O)N1CCC(F)(C(=O)N2CCC(Oc3cc(C(F)(F)F)sc3C#N)CC2)CC1. The predicted molar refractivity (Wildman–Crippen MR) is 103 cm³/mol. The Morgan fingerprint density at radius 3 is 2.43 bits per heavy atom. The van der Waals surface area contributed by atoms with Crippen LogP contribution in [0.1, 0.15) is 35.4 Å². The largest absolute Gasteiger partial charge is 0.488 e. The molecular formula is C18H22BF4N3O3S. The highest BCUT2D eigenvalue weighted by atomic mass is 32.1. The van der Waals surface area contributed by atoms with Crippen molar-refractivity contribution in [3.8, 4) is 11.8 Å². The van der Waals surface area contributed by atoms with Gasteiger partial charge >= 0.3 is 13.2 Å². The molecule has 164 valence electrons. The molecule has 0 aromatic carbocycles. The van der Waals surface area contributed by atoms with Crippen LogP contribution in [0.15, 0.2) is 6.07 Å². The molecule has 1 N–H and O–H groups in total. The van der Waals surface area contributed by atoms with Crippen molar-refractivity contribution in [1.29, 1.82) is 5.26 Å². The number of halogens is 4. The molecule has 3 rings (SSSR count). The lowest BCUT2D eigenvalue weighted by Crippen LogP contribution is -2.56. The summed E-state index contributed by atoms with van der Waals surface area (Å²) in [5.41, 5.74) is -1.97. The topological polar surface area (TPSA) is 76.8 Å². The van der Waals surface area contributed by atoms with Gasteiger partial charge in [-0.1, -0.05) is 0 Å². The van der Waals surface area contributed by atoms with Crippen LogP contribution in [0.3, 0.4) is 0 Å². The average molecular weight is 447 g/mol. The third-order valence-electron chi connectivity index (χ3n) is 5.60. The number of thiophene rings is 1. The summed E-state index contributed by atoms with van der Waals surface area (Å²) in [6.07, 6.45) is -4.31. The number of nitrogens with zero attached hydrogens (tertiary/aromatic N) is 3. The molecular weight excluding hydrogens is 425 g/mol. The molecule has 0 radical (unpaired) electrons. The summed E-state index contributed by atoms with van der Waals surface area (Å²) < 4.78 is 59.4. The molecule has 3 heterocycles. The zero-order valence-electron chi connectivity index (χ0n) is 16.4. The third-order valence-corrected chi connectivity index (χ3v) is 6.67. The molecule has 0 atom stereocenters. The number of rotatable bonds is 4. The van der Waals surface area contributed by atoms with Gasteiger partial charge in [0.25, 0.3) is 5.91 Å². The Morgan fingerprint density at radius 1 is 1.33 bits per heavy atom. The van der Waals surface area contributed by atoms with Gasteiger partial charge in [-0.05, 0) is 19.9 Å². The molecule has 2 fully saturated rings. The van der Waals surface area contributed by atoms with E-state index in [1.807, 2.05) is 0 Å². The molecule has 0 unspecified atom stereocenters. The first-order chi connectivity index (χ1) is 14.0. The van der Waals surface area contributed by atoms with E-state index in [1.54, 1.807) is 17.7 Å². The maximum absolute atomic E-state index is 15.2. The Balaban J connectivity index is 1.56. The number of carbonyl (C=O) groups is 1. The lowest BCUT2D eigenvalue weighted by atomic mass is 9.79. The Labute approximate surface area is 176 Å². The van der Waals surface area contributed by atoms with E-state index in [4.69, 9.17) is 10.00 Å². The van der Waals surface area contributed by atoms with E-state index in [1.165, 1.54) is 4.90 Å². The van der Waals surface area contributed by atoms with E-state index in [0.29, 0.717) is 24.2 Å². The van der Waals surface area contributed by atoms with E-state index in [2.05, 4.69) is 0 Å². The van der Waals surface area contributed by atoms with Crippen LogP contribution in [0.25, 0.3) is 0 Å². The molecule has 0 spiro atoms. The number of piperidine rings is 2. The van der Waals surface area contributed by atoms with E-state index < -0.39 is 35.8 Å². The minimum absolute atomic E-state index is 0.00775. The Bertz CT molecular complexity index is 811. The summed E-state index contributed by atoms with van der Waals surface area (Å²) in [5, 5.41) is 18.6. The highest BCUT2D eigenvalue weighted by molar-refractivity contribution is 7.13. The van der Waals surface area contributed by atoms with Gasteiger partial charge in [0.05, 0.1) is 0 Å². The first kappa shape index (κ1) is 22.8. The molecule has 1 amide bonds. The number of hydrogen-bond donors (Lipinski definition) is 1. The van der Waals surface area contributed by atoms with Crippen LogP contribution in [-0.4, -0.2) is 65.6 Å². The molecule has 12 heteroatoms. The van der Waals surface area contributed by atoms with Gasteiger partial charge in [0.1, 0.15) is 27.7 Å². The van der Waals surface area contributed by atoms with Crippen LogP contribution >= 0.6 is 11.3 Å². The van der Waals surface area contributed by atoms with Crippen molar-refractivity contribution < 1.29 is 32.1 Å². The third kappa shape index (κ3) is 4.90. The molecule has 0 bridgehead atoms. The van der Waals surface area contributed by atoms with Crippen molar-refractivity contribution in [2.45, 2.75) is 50.5 Å². The summed E-state index contributed by atoms with van der Waals surface area (Å²) in [4.78, 5) is 14.8. The first-order valence-electron chi connectivity index (χ1n) is 9.71. The molecule has 6 nitrogen and oxygen atoms in total. The fourth-order valence-electron chi connectivity index (χ4n) is 3.79. The molecule has 0 aliphatic carbocycles. The molecule has 1 aromatic rings. The van der Waals surface area contributed by atoms with Gasteiger partial charge in [-0.25, -0.2) is 4.39 Å². The maximum atomic E-state index is 15.2. The van der Waals surface area contributed by atoms with Crippen molar-refractivity contribution in [2.75, 3.05) is 26.2 Å². The maximum Gasteiger partial charge on any atom is 0.425 e. The standard InChI is InChI=1S/C18H22BF4N3O3S/c1-19(28)26-8-4-17(20,5-9-26)16(27)25-6-2-12(3-7-25)29-13-10-15(18(21,22)23)30-14(13)11-24/h10,12,28H,2-9H2,1H3. The van der Waals surface area contributed by atoms with Gasteiger partial charge in [0.15, 0.2) is 5.67 Å². The molecule has 1 aromatic heterocycles. The van der Waals surface area contributed by atoms with Crippen molar-refractivity contribution in [3.05, 3.63) is 15.8 Å². The summed E-state index contributed by atoms with van der Waals surface area (Å²) in [7, 11) is -0.689. The molecule has 2 aliphatic rings. The highest BCUT2D eigenvalue weighted by Crippen LogP contribution is 2.40. The van der Waals surface area contributed by atoms with Crippen molar-refractivity contribution in [1.82, 2.24) is 9.71 Å². The second kappa shape index (κ2) is 8.73. The van der Waals surface area contributed by atoms with Gasteiger partial charge in [0, 0.05) is 44.8 Å². The second-order valence-corrected chi connectivity index (χ2v) is 8.71. The number of amides is 1. The van der Waals surface area contributed by atoms with Crippen LogP contribution in [0.2, 0.25) is 6.82 Å². The Hall–Kier alpha value is -1.84. The fourth-order valence-corrected chi connectivity index (χ4v) is 4.54. The molecule has 0 saturated carbocycles. The molecule has 2 saturated heterocycles. The second-order valence-electron chi connectivity index (χ2n) is 7.66. The van der Waals surface area contributed by atoms with Crippen LogP contribution < -0.4 is 4.74 Å². The zero-order valence-corrected chi connectivity index (χ0v) is 17.2. The van der Waals surface area contributed by atoms with Crippen molar-refractivity contribution in [2.24, 2.45) is 0 Å². The van der Waals surface area contributed by atoms with Gasteiger partial charge in [-0.3, -0.25) is 4.79 Å². The smallest absolute Gasteiger partial charge is 0.425 e. The first-order valence-corrected chi connectivity index (χ1v) is 10.5. The van der Waals surface area contributed by atoms with E-state index in [9.17, 15) is 23.0 Å². The van der Waals surface area contributed by atoms with Crippen molar-refractivity contribution in [3.63, 3.8) is 0 Å². The van der Waals surface area contributed by atoms with Gasteiger partial charge < -0.3 is 19.5 Å². The number of carbonyl (C=O) groups excluding carboxylic acids is 1.